The maximum atomic E-state index is 12.0. The van der Waals surface area contributed by atoms with E-state index in [0.29, 0.717) is 13.2 Å². The van der Waals surface area contributed by atoms with E-state index < -0.39 is 0 Å². The van der Waals surface area contributed by atoms with Crippen molar-refractivity contribution in [1.82, 2.24) is 25.0 Å². The summed E-state index contributed by atoms with van der Waals surface area (Å²) in [6, 6.07) is 6.05. The van der Waals surface area contributed by atoms with Crippen LogP contribution in [0, 0.1) is 19.8 Å². The molecule has 0 bridgehead atoms. The molecule has 2 aromatic heterocycles. The van der Waals surface area contributed by atoms with Crippen LogP contribution < -0.4 is 5.32 Å². The molecular formula is C22H32N6O2. The van der Waals surface area contributed by atoms with E-state index in [2.05, 4.69) is 27.2 Å². The van der Waals surface area contributed by atoms with Crippen molar-refractivity contribution in [2.45, 2.75) is 47.1 Å². The number of rotatable bonds is 6. The highest BCUT2D eigenvalue weighted by atomic mass is 16.5. The molecule has 0 radical (unpaired) electrons. The summed E-state index contributed by atoms with van der Waals surface area (Å²) < 4.78 is 7.01. The third-order valence-electron chi connectivity index (χ3n) is 5.20. The van der Waals surface area contributed by atoms with E-state index in [9.17, 15) is 4.79 Å². The lowest BCUT2D eigenvalue weighted by atomic mass is 9.97. The Bertz CT molecular complexity index is 866. The molecule has 3 rings (SSSR count). The van der Waals surface area contributed by atoms with Crippen molar-refractivity contribution in [3.8, 4) is 5.82 Å². The average molecular weight is 413 g/mol. The lowest BCUT2D eigenvalue weighted by molar-refractivity contribution is -0.149. The monoisotopic (exact) mass is 412 g/mol. The van der Waals surface area contributed by atoms with Crippen LogP contribution in [0.3, 0.4) is 0 Å². The number of ether oxygens (including phenoxy) is 1. The molecule has 1 saturated heterocycles. The summed E-state index contributed by atoms with van der Waals surface area (Å²) in [5.41, 5.74) is 3.08. The van der Waals surface area contributed by atoms with Crippen molar-refractivity contribution in [1.29, 1.82) is 0 Å². The predicted molar refractivity (Wildman–Crippen MR) is 117 cm³/mol. The first kappa shape index (κ1) is 21.8. The number of aliphatic imine (C=N–C) groups is 1. The summed E-state index contributed by atoms with van der Waals surface area (Å²) in [5, 5.41) is 7.84. The minimum absolute atomic E-state index is 0.00443. The second kappa shape index (κ2) is 10.2. The molecule has 3 heterocycles. The highest BCUT2D eigenvalue weighted by Crippen LogP contribution is 2.19. The Morgan fingerprint density at radius 2 is 2.03 bits per heavy atom. The number of nitrogens with one attached hydrogen (secondary N) is 1. The standard InChI is InChI=1S/C22H32N6O2/c1-5-23-22(27-11-9-19(10-12-27)21(29)30-6-2)25-15-18-7-8-20(24-14-18)28-17(4)13-16(3)26-28/h7-8,13-14,19H,5-6,9-12,15H2,1-4H3,(H,23,25). The molecule has 0 saturated carbocycles. The van der Waals surface area contributed by atoms with Gasteiger partial charge in [-0.1, -0.05) is 6.07 Å². The second-order valence-electron chi connectivity index (χ2n) is 7.55. The van der Waals surface area contributed by atoms with Gasteiger partial charge in [0.2, 0.25) is 0 Å². The van der Waals surface area contributed by atoms with Gasteiger partial charge in [-0.05, 0) is 58.2 Å². The number of pyridine rings is 1. The lowest BCUT2D eigenvalue weighted by Crippen LogP contribution is -2.46. The van der Waals surface area contributed by atoms with Crippen LogP contribution >= 0.6 is 0 Å². The van der Waals surface area contributed by atoms with Gasteiger partial charge in [-0.2, -0.15) is 5.10 Å². The van der Waals surface area contributed by atoms with Crippen molar-refractivity contribution in [2.24, 2.45) is 10.9 Å². The third kappa shape index (κ3) is 5.37. The van der Waals surface area contributed by atoms with Crippen LogP contribution in [0.1, 0.15) is 43.6 Å². The summed E-state index contributed by atoms with van der Waals surface area (Å²) in [6.07, 6.45) is 3.44. The molecule has 8 nitrogen and oxygen atoms in total. The number of hydrogen-bond donors (Lipinski definition) is 1. The predicted octanol–water partition coefficient (Wildman–Crippen LogP) is 2.62. The number of guanidine groups is 1. The van der Waals surface area contributed by atoms with Crippen LogP contribution in [-0.2, 0) is 16.1 Å². The molecule has 1 fully saturated rings. The quantitative estimate of drug-likeness (QED) is 0.446. The zero-order valence-electron chi connectivity index (χ0n) is 18.4. The first-order chi connectivity index (χ1) is 14.5. The summed E-state index contributed by atoms with van der Waals surface area (Å²) in [6.45, 7) is 11.3. The van der Waals surface area contributed by atoms with Gasteiger partial charge in [0.25, 0.3) is 0 Å². The van der Waals surface area contributed by atoms with Gasteiger partial charge < -0.3 is 15.0 Å². The highest BCUT2D eigenvalue weighted by Gasteiger charge is 2.27. The molecule has 0 atom stereocenters. The second-order valence-corrected chi connectivity index (χ2v) is 7.55. The van der Waals surface area contributed by atoms with Crippen LogP contribution in [0.25, 0.3) is 5.82 Å². The topological polar surface area (TPSA) is 84.6 Å². The number of hydrogen-bond acceptors (Lipinski definition) is 5. The van der Waals surface area contributed by atoms with Crippen molar-refractivity contribution in [3.63, 3.8) is 0 Å². The maximum Gasteiger partial charge on any atom is 0.309 e. The van der Waals surface area contributed by atoms with E-state index in [1.807, 2.05) is 49.8 Å². The van der Waals surface area contributed by atoms with Crippen molar-refractivity contribution in [3.05, 3.63) is 41.3 Å². The molecule has 30 heavy (non-hydrogen) atoms. The van der Waals surface area contributed by atoms with Gasteiger partial charge >= 0.3 is 5.97 Å². The Morgan fingerprint density at radius 1 is 1.27 bits per heavy atom. The Morgan fingerprint density at radius 3 is 2.60 bits per heavy atom. The zero-order chi connectivity index (χ0) is 21.5. The van der Waals surface area contributed by atoms with Gasteiger partial charge in [0.15, 0.2) is 11.8 Å². The molecule has 0 spiro atoms. The number of carbonyl (C=O) groups excluding carboxylic acids is 1. The minimum atomic E-state index is -0.0760. The van der Waals surface area contributed by atoms with E-state index >= 15 is 0 Å². The van der Waals surface area contributed by atoms with Gasteiger partial charge in [0, 0.05) is 31.5 Å². The van der Waals surface area contributed by atoms with Crippen LogP contribution in [0.2, 0.25) is 0 Å². The summed E-state index contributed by atoms with van der Waals surface area (Å²) in [7, 11) is 0. The SMILES string of the molecule is CCNC(=NCc1ccc(-n2nc(C)cc2C)nc1)N1CCC(C(=O)OCC)CC1. The van der Waals surface area contributed by atoms with Crippen molar-refractivity contribution in [2.75, 3.05) is 26.2 Å². The molecule has 162 valence electrons. The molecule has 0 aromatic carbocycles. The van der Waals surface area contributed by atoms with Crippen LogP contribution in [-0.4, -0.2) is 57.8 Å². The molecule has 0 unspecified atom stereocenters. The first-order valence-corrected chi connectivity index (χ1v) is 10.7. The smallest absolute Gasteiger partial charge is 0.309 e. The molecule has 8 heteroatoms. The van der Waals surface area contributed by atoms with E-state index in [4.69, 9.17) is 9.73 Å². The van der Waals surface area contributed by atoms with Crippen LogP contribution in [0.4, 0.5) is 0 Å². The Balaban J connectivity index is 1.62. The fourth-order valence-electron chi connectivity index (χ4n) is 3.68. The van der Waals surface area contributed by atoms with Gasteiger partial charge in [-0.25, -0.2) is 14.7 Å². The maximum absolute atomic E-state index is 12.0. The highest BCUT2D eigenvalue weighted by molar-refractivity contribution is 5.80. The van der Waals surface area contributed by atoms with Gasteiger partial charge in [-0.3, -0.25) is 4.79 Å². The number of esters is 1. The number of aromatic nitrogens is 3. The minimum Gasteiger partial charge on any atom is -0.466 e. The van der Waals surface area contributed by atoms with Crippen LogP contribution in [0.5, 0.6) is 0 Å². The Hall–Kier alpha value is -2.90. The molecule has 1 aliphatic heterocycles. The van der Waals surface area contributed by atoms with Crippen molar-refractivity contribution >= 4 is 11.9 Å². The molecule has 2 aromatic rings. The summed E-state index contributed by atoms with van der Waals surface area (Å²) >= 11 is 0. The summed E-state index contributed by atoms with van der Waals surface area (Å²) in [5.74, 6) is 1.60. The molecule has 1 N–H and O–H groups in total. The summed E-state index contributed by atoms with van der Waals surface area (Å²) in [4.78, 5) is 23.5. The largest absolute Gasteiger partial charge is 0.466 e. The number of aryl methyl sites for hydroxylation is 2. The molecule has 1 aliphatic rings. The number of likely N-dealkylation sites (tertiary alicyclic amines) is 1. The molecule has 0 aliphatic carbocycles. The van der Waals surface area contributed by atoms with E-state index in [0.717, 1.165) is 61.2 Å². The average Bonchev–Trinajstić information content (AvgIpc) is 3.09. The normalized spacial score (nSPS) is 15.3. The molecule has 0 amide bonds. The number of nitrogens with zero attached hydrogens (tertiary/aromatic N) is 5. The third-order valence-corrected chi connectivity index (χ3v) is 5.20. The van der Waals surface area contributed by atoms with Gasteiger partial charge in [0.05, 0.1) is 24.8 Å². The van der Waals surface area contributed by atoms with E-state index in [1.165, 1.54) is 0 Å². The van der Waals surface area contributed by atoms with Crippen LogP contribution in [0.15, 0.2) is 29.4 Å². The van der Waals surface area contributed by atoms with E-state index in [-0.39, 0.29) is 11.9 Å². The zero-order valence-corrected chi connectivity index (χ0v) is 18.4. The lowest BCUT2D eigenvalue weighted by Gasteiger charge is -2.33. The number of piperidine rings is 1. The van der Waals surface area contributed by atoms with Gasteiger partial charge in [0.1, 0.15) is 0 Å². The van der Waals surface area contributed by atoms with E-state index in [1.54, 1.807) is 0 Å². The molecular weight excluding hydrogens is 380 g/mol. The van der Waals surface area contributed by atoms with Crippen molar-refractivity contribution < 1.29 is 9.53 Å². The fraction of sp³-hybridized carbons (Fsp3) is 0.545. The number of carbonyl (C=O) groups is 1. The first-order valence-electron chi connectivity index (χ1n) is 10.7. The Kier molecular flexibility index (Phi) is 7.43. The van der Waals surface area contributed by atoms with Gasteiger partial charge in [-0.15, -0.1) is 0 Å². The fourth-order valence-corrected chi connectivity index (χ4v) is 3.68. The Labute approximate surface area is 178 Å².